The van der Waals surface area contributed by atoms with E-state index in [9.17, 15) is 4.39 Å². The second-order valence-corrected chi connectivity index (χ2v) is 4.67. The van der Waals surface area contributed by atoms with Crippen molar-refractivity contribution in [1.82, 2.24) is 5.32 Å². The fourth-order valence-corrected chi connectivity index (χ4v) is 1.74. The quantitative estimate of drug-likeness (QED) is 0.692. The summed E-state index contributed by atoms with van der Waals surface area (Å²) in [6, 6.07) is 4.61. The summed E-state index contributed by atoms with van der Waals surface area (Å²) in [5.41, 5.74) is 0.606. The summed E-state index contributed by atoms with van der Waals surface area (Å²) in [5, 5.41) is 3.75. The van der Waals surface area contributed by atoms with Crippen LogP contribution in [0.15, 0.2) is 18.2 Å². The maximum atomic E-state index is 13.4. The molecule has 0 heterocycles. The molecule has 0 radical (unpaired) electrons. The first-order chi connectivity index (χ1) is 8.74. The number of rotatable bonds is 9. The first-order valence-corrected chi connectivity index (χ1v) is 6.84. The van der Waals surface area contributed by atoms with E-state index >= 15 is 0 Å². The monoisotopic (exact) mass is 273 g/mol. The summed E-state index contributed by atoms with van der Waals surface area (Å²) in [4.78, 5) is 0. The Balaban J connectivity index is 2.09. The summed E-state index contributed by atoms with van der Waals surface area (Å²) >= 11 is 5.81. The van der Waals surface area contributed by atoms with Crippen LogP contribution in [-0.2, 0) is 11.3 Å². The van der Waals surface area contributed by atoms with Gasteiger partial charge in [0.1, 0.15) is 5.82 Å². The maximum absolute atomic E-state index is 13.4. The molecule has 1 rings (SSSR count). The van der Waals surface area contributed by atoms with E-state index in [1.165, 1.54) is 6.07 Å². The van der Waals surface area contributed by atoms with Crippen LogP contribution in [0, 0.1) is 5.82 Å². The molecule has 0 bridgehead atoms. The average Bonchev–Trinajstić information content (AvgIpc) is 2.36. The minimum Gasteiger partial charge on any atom is -0.381 e. The van der Waals surface area contributed by atoms with Gasteiger partial charge in [0, 0.05) is 30.3 Å². The normalized spacial score (nSPS) is 10.8. The number of halogens is 2. The van der Waals surface area contributed by atoms with Gasteiger partial charge in [0.05, 0.1) is 0 Å². The lowest BCUT2D eigenvalue weighted by molar-refractivity contribution is 0.128. The zero-order valence-electron chi connectivity index (χ0n) is 10.8. The Morgan fingerprint density at radius 1 is 1.28 bits per heavy atom. The highest BCUT2D eigenvalue weighted by Gasteiger charge is 2.01. The van der Waals surface area contributed by atoms with Crippen molar-refractivity contribution in [3.8, 4) is 0 Å². The minimum absolute atomic E-state index is 0.217. The first-order valence-electron chi connectivity index (χ1n) is 6.46. The molecule has 0 amide bonds. The third kappa shape index (κ3) is 6.34. The van der Waals surface area contributed by atoms with Crippen LogP contribution < -0.4 is 5.32 Å². The van der Waals surface area contributed by atoms with E-state index in [-0.39, 0.29) is 5.82 Å². The molecule has 0 aliphatic carbocycles. The third-order valence-electron chi connectivity index (χ3n) is 2.61. The van der Waals surface area contributed by atoms with E-state index < -0.39 is 0 Å². The molecule has 0 unspecified atom stereocenters. The summed E-state index contributed by atoms with van der Waals surface area (Å²) in [5.74, 6) is -0.217. The van der Waals surface area contributed by atoms with Crippen molar-refractivity contribution < 1.29 is 9.13 Å². The predicted octanol–water partition coefficient (Wildman–Crippen LogP) is 3.78. The van der Waals surface area contributed by atoms with Gasteiger partial charge in [-0.15, -0.1) is 0 Å². The van der Waals surface area contributed by atoms with Crippen molar-refractivity contribution in [2.75, 3.05) is 19.8 Å². The van der Waals surface area contributed by atoms with E-state index in [0.29, 0.717) is 17.1 Å². The van der Waals surface area contributed by atoms with E-state index in [2.05, 4.69) is 12.2 Å². The molecule has 102 valence electrons. The second kappa shape index (κ2) is 9.31. The molecule has 1 N–H and O–H groups in total. The van der Waals surface area contributed by atoms with Crippen molar-refractivity contribution in [3.63, 3.8) is 0 Å². The van der Waals surface area contributed by atoms with Crippen LogP contribution in [-0.4, -0.2) is 19.8 Å². The number of nitrogens with one attached hydrogen (secondary N) is 1. The van der Waals surface area contributed by atoms with E-state index in [1.807, 2.05) is 0 Å². The highest BCUT2D eigenvalue weighted by molar-refractivity contribution is 6.30. The van der Waals surface area contributed by atoms with Gasteiger partial charge in [-0.2, -0.15) is 0 Å². The molecule has 18 heavy (non-hydrogen) atoms. The molecule has 1 aromatic rings. The second-order valence-electron chi connectivity index (χ2n) is 4.23. The topological polar surface area (TPSA) is 21.3 Å². The zero-order chi connectivity index (χ0) is 13.2. The molecule has 4 heteroatoms. The molecule has 0 spiro atoms. The highest BCUT2D eigenvalue weighted by atomic mass is 35.5. The van der Waals surface area contributed by atoms with Crippen LogP contribution in [0.4, 0.5) is 4.39 Å². The zero-order valence-corrected chi connectivity index (χ0v) is 11.6. The molecule has 0 aromatic heterocycles. The highest BCUT2D eigenvalue weighted by Crippen LogP contribution is 2.14. The average molecular weight is 274 g/mol. The molecule has 1 aromatic carbocycles. The minimum atomic E-state index is -0.217. The molecule has 0 saturated carbocycles. The molecule has 0 saturated heterocycles. The summed E-state index contributed by atoms with van der Waals surface area (Å²) in [6.45, 7) is 5.05. The molecule has 0 aliphatic heterocycles. The van der Waals surface area contributed by atoms with Gasteiger partial charge in [-0.1, -0.05) is 24.9 Å². The van der Waals surface area contributed by atoms with E-state index in [1.54, 1.807) is 12.1 Å². The lowest BCUT2D eigenvalue weighted by Crippen LogP contribution is -2.17. The van der Waals surface area contributed by atoms with Crippen LogP contribution >= 0.6 is 11.6 Å². The van der Waals surface area contributed by atoms with Crippen LogP contribution in [0.1, 0.15) is 31.7 Å². The fourth-order valence-electron chi connectivity index (χ4n) is 1.55. The Morgan fingerprint density at radius 2 is 2.06 bits per heavy atom. The predicted molar refractivity (Wildman–Crippen MR) is 73.5 cm³/mol. The first kappa shape index (κ1) is 15.4. The number of benzene rings is 1. The molecule has 0 aliphatic rings. The number of hydrogen-bond donors (Lipinski definition) is 1. The Kier molecular flexibility index (Phi) is 7.98. The standard InChI is InChI=1S/C14H21ClFNO/c1-2-3-8-18-9-4-7-17-11-12-10-13(15)5-6-14(12)16/h5-6,10,17H,2-4,7-9,11H2,1H3. The Bertz CT molecular complexity index is 347. The lowest BCUT2D eigenvalue weighted by atomic mass is 10.2. The van der Waals surface area contributed by atoms with Gasteiger partial charge in [-0.3, -0.25) is 0 Å². The maximum Gasteiger partial charge on any atom is 0.127 e. The van der Waals surface area contributed by atoms with E-state index in [0.717, 1.165) is 39.0 Å². The Labute approximate surface area is 113 Å². The molecule has 0 atom stereocenters. The molecule has 0 fully saturated rings. The Hall–Kier alpha value is -0.640. The van der Waals surface area contributed by atoms with Crippen molar-refractivity contribution in [3.05, 3.63) is 34.6 Å². The Morgan fingerprint density at radius 3 is 2.83 bits per heavy atom. The van der Waals surface area contributed by atoms with Crippen molar-refractivity contribution in [2.45, 2.75) is 32.7 Å². The van der Waals surface area contributed by atoms with Gasteiger partial charge in [0.25, 0.3) is 0 Å². The summed E-state index contributed by atoms with van der Waals surface area (Å²) in [6.07, 6.45) is 3.21. The van der Waals surface area contributed by atoms with Crippen LogP contribution in [0.5, 0.6) is 0 Å². The third-order valence-corrected chi connectivity index (χ3v) is 2.84. The number of hydrogen-bond acceptors (Lipinski definition) is 2. The van der Waals surface area contributed by atoms with Gasteiger partial charge in [-0.05, 0) is 37.6 Å². The van der Waals surface area contributed by atoms with Crippen molar-refractivity contribution >= 4 is 11.6 Å². The van der Waals surface area contributed by atoms with Gasteiger partial charge in [0.15, 0.2) is 0 Å². The number of unbranched alkanes of at least 4 members (excludes halogenated alkanes) is 1. The van der Waals surface area contributed by atoms with Crippen molar-refractivity contribution in [1.29, 1.82) is 0 Å². The largest absolute Gasteiger partial charge is 0.381 e. The van der Waals surface area contributed by atoms with Gasteiger partial charge >= 0.3 is 0 Å². The molecular formula is C14H21ClFNO. The molecule has 2 nitrogen and oxygen atoms in total. The number of ether oxygens (including phenoxy) is 1. The van der Waals surface area contributed by atoms with Crippen LogP contribution in [0.2, 0.25) is 5.02 Å². The summed E-state index contributed by atoms with van der Waals surface area (Å²) in [7, 11) is 0. The van der Waals surface area contributed by atoms with Gasteiger partial charge in [0.2, 0.25) is 0 Å². The van der Waals surface area contributed by atoms with Crippen LogP contribution in [0.25, 0.3) is 0 Å². The van der Waals surface area contributed by atoms with Crippen LogP contribution in [0.3, 0.4) is 0 Å². The van der Waals surface area contributed by atoms with Crippen molar-refractivity contribution in [2.24, 2.45) is 0 Å². The lowest BCUT2D eigenvalue weighted by Gasteiger charge is -2.07. The van der Waals surface area contributed by atoms with Gasteiger partial charge < -0.3 is 10.1 Å². The van der Waals surface area contributed by atoms with E-state index in [4.69, 9.17) is 16.3 Å². The SMILES string of the molecule is CCCCOCCCNCc1cc(Cl)ccc1F. The molecular weight excluding hydrogens is 253 g/mol. The van der Waals surface area contributed by atoms with Gasteiger partial charge in [-0.25, -0.2) is 4.39 Å². The smallest absolute Gasteiger partial charge is 0.127 e. The summed E-state index contributed by atoms with van der Waals surface area (Å²) < 4.78 is 18.8. The fraction of sp³-hybridized carbons (Fsp3) is 0.571.